The van der Waals surface area contributed by atoms with Crippen molar-refractivity contribution in [3.8, 4) is 5.75 Å². The molecule has 0 aliphatic heterocycles. The van der Waals surface area contributed by atoms with E-state index in [1.165, 1.54) is 12.1 Å². The van der Waals surface area contributed by atoms with Gasteiger partial charge in [-0.3, -0.25) is 0 Å². The Kier molecular flexibility index (Phi) is 4.77. The molecule has 0 amide bonds. The third-order valence-electron chi connectivity index (χ3n) is 2.83. The third kappa shape index (κ3) is 3.69. The maximum atomic E-state index is 13.1. The number of ether oxygens (including phenoxy) is 1. The van der Waals surface area contributed by atoms with Crippen molar-refractivity contribution in [1.29, 1.82) is 0 Å². The molecule has 0 saturated heterocycles. The molecule has 2 aromatic carbocycles. The number of para-hydroxylation sites is 1. The Morgan fingerprint density at radius 1 is 1.11 bits per heavy atom. The second kappa shape index (κ2) is 6.55. The largest absolute Gasteiger partial charge is 0.496 e. The van der Waals surface area contributed by atoms with E-state index in [9.17, 15) is 4.39 Å². The van der Waals surface area contributed by atoms with Crippen LogP contribution < -0.4 is 10.1 Å². The molecule has 0 aliphatic rings. The molecule has 0 heterocycles. The van der Waals surface area contributed by atoms with Gasteiger partial charge in [-0.25, -0.2) is 4.39 Å². The van der Waals surface area contributed by atoms with E-state index in [0.29, 0.717) is 18.1 Å². The number of hydrogen-bond donors (Lipinski definition) is 1. The molecular weight excluding hydrogens is 265 g/mol. The molecule has 4 heteroatoms. The zero-order valence-corrected chi connectivity index (χ0v) is 11.4. The van der Waals surface area contributed by atoms with E-state index in [-0.39, 0.29) is 5.82 Å². The van der Waals surface area contributed by atoms with Crippen molar-refractivity contribution in [3.05, 3.63) is 64.4 Å². The number of methoxy groups -OCH3 is 1. The summed E-state index contributed by atoms with van der Waals surface area (Å²) in [5.74, 6) is 0.554. The molecule has 0 spiro atoms. The van der Waals surface area contributed by atoms with Crippen molar-refractivity contribution < 1.29 is 9.13 Å². The van der Waals surface area contributed by atoms with Gasteiger partial charge >= 0.3 is 0 Å². The van der Waals surface area contributed by atoms with Gasteiger partial charge < -0.3 is 10.1 Å². The van der Waals surface area contributed by atoms with Crippen LogP contribution >= 0.6 is 11.6 Å². The molecule has 0 radical (unpaired) electrons. The van der Waals surface area contributed by atoms with Crippen molar-refractivity contribution in [2.24, 2.45) is 0 Å². The first-order valence-corrected chi connectivity index (χ1v) is 6.35. The molecule has 100 valence electrons. The molecular formula is C15H15ClFNO. The third-order valence-corrected chi connectivity index (χ3v) is 3.20. The Morgan fingerprint density at radius 2 is 1.84 bits per heavy atom. The maximum Gasteiger partial charge on any atom is 0.123 e. The Labute approximate surface area is 117 Å². The Balaban J connectivity index is 1.98. The molecule has 1 N–H and O–H groups in total. The van der Waals surface area contributed by atoms with E-state index in [4.69, 9.17) is 16.3 Å². The summed E-state index contributed by atoms with van der Waals surface area (Å²) >= 11 is 6.01. The maximum absolute atomic E-state index is 13.1. The fourth-order valence-corrected chi connectivity index (χ4v) is 2.04. The van der Waals surface area contributed by atoms with E-state index in [1.807, 2.05) is 24.3 Å². The van der Waals surface area contributed by atoms with Crippen LogP contribution in [0.2, 0.25) is 5.02 Å². The molecule has 0 atom stereocenters. The smallest absolute Gasteiger partial charge is 0.123 e. The summed E-state index contributed by atoms with van der Waals surface area (Å²) in [6.07, 6.45) is 0. The van der Waals surface area contributed by atoms with Gasteiger partial charge in [0.05, 0.1) is 7.11 Å². The monoisotopic (exact) mass is 279 g/mol. The topological polar surface area (TPSA) is 21.3 Å². The first-order chi connectivity index (χ1) is 9.20. The van der Waals surface area contributed by atoms with Crippen LogP contribution in [0.15, 0.2) is 42.5 Å². The van der Waals surface area contributed by atoms with Crippen LogP contribution in [-0.2, 0) is 13.1 Å². The standard InChI is InChI=1S/C15H15ClFNO/c1-19-15-5-3-2-4-11(15)9-18-10-12-8-13(17)6-7-14(12)16/h2-8,18H,9-10H2,1H3. The summed E-state index contributed by atoms with van der Waals surface area (Å²) in [5.41, 5.74) is 1.80. The van der Waals surface area contributed by atoms with Gasteiger partial charge in [0.2, 0.25) is 0 Å². The molecule has 2 nitrogen and oxygen atoms in total. The van der Waals surface area contributed by atoms with Gasteiger partial charge in [0.25, 0.3) is 0 Å². The minimum absolute atomic E-state index is 0.279. The molecule has 2 rings (SSSR count). The summed E-state index contributed by atoms with van der Waals surface area (Å²) in [5, 5.41) is 3.79. The Hall–Kier alpha value is -1.58. The van der Waals surface area contributed by atoms with Gasteiger partial charge in [-0.05, 0) is 29.8 Å². The minimum atomic E-state index is -0.279. The second-order valence-electron chi connectivity index (χ2n) is 4.15. The summed E-state index contributed by atoms with van der Waals surface area (Å²) < 4.78 is 18.4. The highest BCUT2D eigenvalue weighted by Gasteiger charge is 2.04. The zero-order chi connectivity index (χ0) is 13.7. The van der Waals surface area contributed by atoms with Crippen LogP contribution in [0, 0.1) is 5.82 Å². The average Bonchev–Trinajstić information content (AvgIpc) is 2.43. The van der Waals surface area contributed by atoms with Gasteiger partial charge in [0.1, 0.15) is 11.6 Å². The first kappa shape index (κ1) is 13.8. The fourth-order valence-electron chi connectivity index (χ4n) is 1.86. The average molecular weight is 280 g/mol. The molecule has 19 heavy (non-hydrogen) atoms. The molecule has 0 aliphatic carbocycles. The van der Waals surface area contributed by atoms with Crippen molar-refractivity contribution in [2.45, 2.75) is 13.1 Å². The normalized spacial score (nSPS) is 10.5. The quantitative estimate of drug-likeness (QED) is 0.899. The van der Waals surface area contributed by atoms with E-state index in [2.05, 4.69) is 5.32 Å². The van der Waals surface area contributed by atoms with Crippen molar-refractivity contribution in [3.63, 3.8) is 0 Å². The second-order valence-corrected chi connectivity index (χ2v) is 4.56. The van der Waals surface area contributed by atoms with Crippen LogP contribution in [0.4, 0.5) is 4.39 Å². The molecule has 0 bridgehead atoms. The minimum Gasteiger partial charge on any atom is -0.496 e. The van der Waals surface area contributed by atoms with E-state index in [1.54, 1.807) is 13.2 Å². The van der Waals surface area contributed by atoms with E-state index >= 15 is 0 Å². The molecule has 0 saturated carbocycles. The molecule has 0 fully saturated rings. The number of rotatable bonds is 5. The fraction of sp³-hybridized carbons (Fsp3) is 0.200. The highest BCUT2D eigenvalue weighted by atomic mass is 35.5. The summed E-state index contributed by atoms with van der Waals surface area (Å²) in [4.78, 5) is 0. The lowest BCUT2D eigenvalue weighted by atomic mass is 10.2. The Bertz CT molecular complexity index is 560. The number of nitrogens with one attached hydrogen (secondary N) is 1. The van der Waals surface area contributed by atoms with Gasteiger partial charge in [0.15, 0.2) is 0 Å². The lowest BCUT2D eigenvalue weighted by Crippen LogP contribution is -2.13. The van der Waals surface area contributed by atoms with Crippen LogP contribution in [0.3, 0.4) is 0 Å². The predicted octanol–water partition coefficient (Wildman–Crippen LogP) is 3.78. The molecule has 0 aromatic heterocycles. The van der Waals surface area contributed by atoms with Crippen LogP contribution in [-0.4, -0.2) is 7.11 Å². The van der Waals surface area contributed by atoms with Crippen LogP contribution in [0.5, 0.6) is 5.75 Å². The van der Waals surface area contributed by atoms with Crippen molar-refractivity contribution in [2.75, 3.05) is 7.11 Å². The van der Waals surface area contributed by atoms with Gasteiger partial charge in [-0.1, -0.05) is 29.8 Å². The Morgan fingerprint density at radius 3 is 2.63 bits per heavy atom. The number of benzene rings is 2. The SMILES string of the molecule is COc1ccccc1CNCc1cc(F)ccc1Cl. The lowest BCUT2D eigenvalue weighted by Gasteiger charge is -2.10. The van der Waals surface area contributed by atoms with Crippen molar-refractivity contribution in [1.82, 2.24) is 5.32 Å². The van der Waals surface area contributed by atoms with E-state index in [0.717, 1.165) is 16.9 Å². The predicted molar refractivity (Wildman–Crippen MR) is 74.9 cm³/mol. The highest BCUT2D eigenvalue weighted by Crippen LogP contribution is 2.19. The summed E-state index contributed by atoms with van der Waals surface area (Å²) in [7, 11) is 1.64. The van der Waals surface area contributed by atoms with Gasteiger partial charge in [-0.15, -0.1) is 0 Å². The van der Waals surface area contributed by atoms with Gasteiger partial charge in [-0.2, -0.15) is 0 Å². The molecule has 0 unspecified atom stereocenters. The number of halogens is 2. The van der Waals surface area contributed by atoms with E-state index < -0.39 is 0 Å². The summed E-state index contributed by atoms with van der Waals surface area (Å²) in [6, 6.07) is 12.1. The van der Waals surface area contributed by atoms with Crippen molar-refractivity contribution >= 4 is 11.6 Å². The first-order valence-electron chi connectivity index (χ1n) is 5.97. The van der Waals surface area contributed by atoms with Crippen LogP contribution in [0.1, 0.15) is 11.1 Å². The lowest BCUT2D eigenvalue weighted by molar-refractivity contribution is 0.407. The molecule has 2 aromatic rings. The van der Waals surface area contributed by atoms with Crippen LogP contribution in [0.25, 0.3) is 0 Å². The zero-order valence-electron chi connectivity index (χ0n) is 10.6. The highest BCUT2D eigenvalue weighted by molar-refractivity contribution is 6.31. The summed E-state index contributed by atoms with van der Waals surface area (Å²) in [6.45, 7) is 1.14. The number of hydrogen-bond acceptors (Lipinski definition) is 2. The van der Waals surface area contributed by atoms with Gasteiger partial charge in [0, 0.05) is 23.7 Å².